The fourth-order valence-electron chi connectivity index (χ4n) is 3.04. The van der Waals surface area contributed by atoms with E-state index in [-0.39, 0.29) is 17.6 Å². The average molecular weight is 441 g/mol. The maximum atomic E-state index is 14.9. The van der Waals surface area contributed by atoms with Crippen LogP contribution >= 0.6 is 22.6 Å². The molecule has 0 aliphatic heterocycles. The van der Waals surface area contributed by atoms with Gasteiger partial charge in [-0.25, -0.2) is 9.18 Å². The molecule has 1 atom stereocenters. The number of rotatable bonds is 4. The quantitative estimate of drug-likeness (QED) is 0.706. The van der Waals surface area contributed by atoms with Crippen LogP contribution in [0.4, 0.5) is 9.18 Å². The molecule has 0 saturated carbocycles. The molecule has 1 unspecified atom stereocenters. The van der Waals surface area contributed by atoms with E-state index in [1.165, 1.54) is 11.9 Å². The Morgan fingerprint density at radius 1 is 1.42 bits per heavy atom. The van der Waals surface area contributed by atoms with Crippen LogP contribution in [0.1, 0.15) is 29.2 Å². The Bertz CT molecular complexity index is 767. The molecule has 1 N–H and O–H groups in total. The molecular formula is C18H17FINO3. The van der Waals surface area contributed by atoms with Crippen molar-refractivity contribution in [2.75, 3.05) is 7.05 Å². The fraction of sp³-hybridized carbons (Fsp3) is 0.278. The van der Waals surface area contributed by atoms with Crippen molar-refractivity contribution in [3.63, 3.8) is 0 Å². The van der Waals surface area contributed by atoms with E-state index in [4.69, 9.17) is 4.74 Å². The minimum atomic E-state index is -1.01. The van der Waals surface area contributed by atoms with Gasteiger partial charge in [0.1, 0.15) is 6.61 Å². The summed E-state index contributed by atoms with van der Waals surface area (Å²) in [6, 6.07) is 11.1. The summed E-state index contributed by atoms with van der Waals surface area (Å²) >= 11 is 2.04. The molecule has 0 bridgehead atoms. The van der Waals surface area contributed by atoms with Crippen LogP contribution in [0, 0.1) is 9.39 Å². The Labute approximate surface area is 153 Å². The lowest BCUT2D eigenvalue weighted by molar-refractivity contribution is 0.138. The lowest BCUT2D eigenvalue weighted by Gasteiger charge is -2.23. The number of carbonyl (C=O) groups is 1. The Kier molecular flexibility index (Phi) is 4.93. The molecule has 0 spiro atoms. The lowest BCUT2D eigenvalue weighted by atomic mass is 10.1. The molecule has 0 fully saturated rings. The molecular weight excluding hydrogens is 424 g/mol. The first kappa shape index (κ1) is 17.0. The molecule has 24 heavy (non-hydrogen) atoms. The third-order valence-corrected chi connectivity index (χ3v) is 5.14. The van der Waals surface area contributed by atoms with Gasteiger partial charge >= 0.3 is 6.09 Å². The van der Waals surface area contributed by atoms with Gasteiger partial charge in [-0.1, -0.05) is 30.3 Å². The number of nitrogens with zero attached hydrogens (tertiary/aromatic N) is 1. The standard InChI is InChI=1S/C18H17FINO3/c1-21(18(22)23)15-8-7-12-13(15)9-14(20)17(16(12)19)24-10-11-5-3-2-4-6-11/h2-6,9,15H,7-8,10H2,1H3,(H,22,23). The highest BCUT2D eigenvalue weighted by Gasteiger charge is 2.33. The van der Waals surface area contributed by atoms with E-state index in [1.54, 1.807) is 0 Å². The molecule has 3 rings (SSSR count). The maximum Gasteiger partial charge on any atom is 0.407 e. The maximum absolute atomic E-state index is 14.9. The van der Waals surface area contributed by atoms with Gasteiger partial charge in [-0.2, -0.15) is 0 Å². The molecule has 6 heteroatoms. The second-order valence-corrected chi connectivity index (χ2v) is 6.95. The molecule has 0 aromatic heterocycles. The Hall–Kier alpha value is -1.83. The first-order valence-electron chi connectivity index (χ1n) is 7.62. The molecule has 2 aromatic carbocycles. The summed E-state index contributed by atoms with van der Waals surface area (Å²) in [5, 5.41) is 9.18. The number of hydrogen-bond donors (Lipinski definition) is 1. The van der Waals surface area contributed by atoms with Crippen LogP contribution in [-0.2, 0) is 13.0 Å². The third-order valence-electron chi connectivity index (χ3n) is 4.33. The highest BCUT2D eigenvalue weighted by atomic mass is 127. The number of fused-ring (bicyclic) bond motifs is 1. The van der Waals surface area contributed by atoms with Gasteiger partial charge in [-0.3, -0.25) is 0 Å². The molecule has 0 radical (unpaired) electrons. The predicted molar refractivity (Wildman–Crippen MR) is 96.7 cm³/mol. The van der Waals surface area contributed by atoms with E-state index >= 15 is 0 Å². The molecule has 126 valence electrons. The van der Waals surface area contributed by atoms with E-state index in [0.29, 0.717) is 28.6 Å². The second kappa shape index (κ2) is 6.96. The molecule has 2 aromatic rings. The highest BCUT2D eigenvalue weighted by molar-refractivity contribution is 14.1. The summed E-state index contributed by atoms with van der Waals surface area (Å²) < 4.78 is 21.2. The summed E-state index contributed by atoms with van der Waals surface area (Å²) in [5.41, 5.74) is 2.28. The molecule has 1 aliphatic carbocycles. The van der Waals surface area contributed by atoms with Gasteiger partial charge in [-0.05, 0) is 58.2 Å². The van der Waals surface area contributed by atoms with Crippen LogP contribution < -0.4 is 4.74 Å². The van der Waals surface area contributed by atoms with E-state index < -0.39 is 6.09 Å². The Morgan fingerprint density at radius 3 is 2.79 bits per heavy atom. The molecule has 1 aliphatic rings. The van der Waals surface area contributed by atoms with E-state index in [0.717, 1.165) is 11.1 Å². The summed E-state index contributed by atoms with van der Waals surface area (Å²) in [6.07, 6.45) is 0.0997. The van der Waals surface area contributed by atoms with Gasteiger partial charge in [0.05, 0.1) is 9.61 Å². The Balaban J connectivity index is 1.87. The van der Waals surface area contributed by atoms with Crippen molar-refractivity contribution in [3.8, 4) is 5.75 Å². The van der Waals surface area contributed by atoms with Gasteiger partial charge in [0.25, 0.3) is 0 Å². The van der Waals surface area contributed by atoms with Crippen molar-refractivity contribution >= 4 is 28.7 Å². The highest BCUT2D eigenvalue weighted by Crippen LogP contribution is 2.41. The van der Waals surface area contributed by atoms with Gasteiger partial charge in [0.2, 0.25) is 0 Å². The number of hydrogen-bond acceptors (Lipinski definition) is 2. The number of halogens is 2. The zero-order chi connectivity index (χ0) is 17.3. The van der Waals surface area contributed by atoms with Crippen LogP contribution in [0.2, 0.25) is 0 Å². The van der Waals surface area contributed by atoms with Crippen LogP contribution in [0.3, 0.4) is 0 Å². The van der Waals surface area contributed by atoms with Gasteiger partial charge in [-0.15, -0.1) is 0 Å². The van der Waals surface area contributed by atoms with Gasteiger partial charge in [0.15, 0.2) is 11.6 Å². The molecule has 4 nitrogen and oxygen atoms in total. The number of amides is 1. The van der Waals surface area contributed by atoms with Crippen molar-refractivity contribution in [2.45, 2.75) is 25.5 Å². The van der Waals surface area contributed by atoms with Crippen molar-refractivity contribution in [2.24, 2.45) is 0 Å². The van der Waals surface area contributed by atoms with Crippen molar-refractivity contribution in [1.29, 1.82) is 0 Å². The lowest BCUT2D eigenvalue weighted by Crippen LogP contribution is -2.28. The second-order valence-electron chi connectivity index (χ2n) is 5.79. The average Bonchev–Trinajstić information content (AvgIpc) is 2.98. The first-order chi connectivity index (χ1) is 11.5. The van der Waals surface area contributed by atoms with E-state index in [9.17, 15) is 14.3 Å². The van der Waals surface area contributed by atoms with Crippen molar-refractivity contribution in [1.82, 2.24) is 4.90 Å². The van der Waals surface area contributed by atoms with Crippen molar-refractivity contribution < 1.29 is 19.0 Å². The largest absolute Gasteiger partial charge is 0.485 e. The van der Waals surface area contributed by atoms with E-state index in [1.807, 2.05) is 59.0 Å². The monoisotopic (exact) mass is 441 g/mol. The zero-order valence-corrected chi connectivity index (χ0v) is 15.3. The summed E-state index contributed by atoms with van der Waals surface area (Å²) in [4.78, 5) is 12.4. The fourth-order valence-corrected chi connectivity index (χ4v) is 3.77. The minimum Gasteiger partial charge on any atom is -0.485 e. The summed E-state index contributed by atoms with van der Waals surface area (Å²) in [5.74, 6) is -0.119. The molecule has 0 saturated heterocycles. The van der Waals surface area contributed by atoms with E-state index in [2.05, 4.69) is 0 Å². The van der Waals surface area contributed by atoms with Gasteiger partial charge < -0.3 is 14.7 Å². The third kappa shape index (κ3) is 3.19. The van der Waals surface area contributed by atoms with Crippen LogP contribution in [0.5, 0.6) is 5.75 Å². The minimum absolute atomic E-state index is 0.247. The summed E-state index contributed by atoms with van der Waals surface area (Å²) in [7, 11) is 1.52. The summed E-state index contributed by atoms with van der Waals surface area (Å²) in [6.45, 7) is 0.297. The van der Waals surface area contributed by atoms with Crippen LogP contribution in [0.25, 0.3) is 0 Å². The van der Waals surface area contributed by atoms with Gasteiger partial charge in [0, 0.05) is 7.05 Å². The number of ether oxygens (including phenoxy) is 1. The first-order valence-corrected chi connectivity index (χ1v) is 8.70. The van der Waals surface area contributed by atoms with Crippen molar-refractivity contribution in [3.05, 3.63) is 62.5 Å². The number of benzene rings is 2. The topological polar surface area (TPSA) is 49.8 Å². The Morgan fingerprint density at radius 2 is 2.12 bits per heavy atom. The smallest absolute Gasteiger partial charge is 0.407 e. The zero-order valence-electron chi connectivity index (χ0n) is 13.1. The SMILES string of the molecule is CN(C(=O)O)C1CCc2c1cc(I)c(OCc1ccccc1)c2F. The molecule has 1 amide bonds. The molecule has 0 heterocycles. The normalized spacial score (nSPS) is 15.9. The number of carboxylic acid groups (broad SMARTS) is 1. The van der Waals surface area contributed by atoms with Crippen LogP contribution in [-0.4, -0.2) is 23.1 Å². The predicted octanol–water partition coefficient (Wildman–Crippen LogP) is 4.61. The van der Waals surface area contributed by atoms with Crippen LogP contribution in [0.15, 0.2) is 36.4 Å².